The smallest absolute Gasteiger partial charge is 0.316 e. The molecule has 6 heteroatoms. The van der Waals surface area contributed by atoms with Gasteiger partial charge in [-0.05, 0) is 44.0 Å². The van der Waals surface area contributed by atoms with Gasteiger partial charge in [0.25, 0.3) is 0 Å². The Labute approximate surface area is 123 Å². The summed E-state index contributed by atoms with van der Waals surface area (Å²) >= 11 is 0. The van der Waals surface area contributed by atoms with Crippen LogP contribution in [0.2, 0.25) is 0 Å². The molecule has 21 heavy (non-hydrogen) atoms. The first-order valence-corrected chi connectivity index (χ1v) is 7.73. The van der Waals surface area contributed by atoms with Crippen LogP contribution in [0.4, 0.5) is 0 Å². The van der Waals surface area contributed by atoms with Crippen molar-refractivity contribution in [2.75, 3.05) is 26.2 Å². The lowest BCUT2D eigenvalue weighted by molar-refractivity contribution is 0.226. The van der Waals surface area contributed by atoms with Crippen molar-refractivity contribution >= 4 is 5.65 Å². The Morgan fingerprint density at radius 1 is 1.33 bits per heavy atom. The van der Waals surface area contributed by atoms with Crippen molar-refractivity contribution in [2.45, 2.75) is 19.5 Å². The van der Waals surface area contributed by atoms with Crippen molar-refractivity contribution in [1.29, 1.82) is 0 Å². The highest BCUT2D eigenvalue weighted by molar-refractivity contribution is 5.35. The van der Waals surface area contributed by atoms with Gasteiger partial charge in [-0.2, -0.15) is 0 Å². The average Bonchev–Trinajstić information content (AvgIpc) is 3.15. The minimum atomic E-state index is -0.0423. The molecule has 1 N–H and O–H groups in total. The van der Waals surface area contributed by atoms with Crippen molar-refractivity contribution in [3.63, 3.8) is 0 Å². The normalized spacial score (nSPS) is 29.3. The second-order valence-electron chi connectivity index (χ2n) is 6.25. The van der Waals surface area contributed by atoms with Crippen LogP contribution in [0.5, 0.6) is 0 Å². The number of rotatable bonds is 3. The maximum atomic E-state index is 12.2. The molecule has 2 aromatic heterocycles. The second-order valence-corrected chi connectivity index (χ2v) is 6.25. The maximum absolute atomic E-state index is 12.2. The molecule has 0 amide bonds. The van der Waals surface area contributed by atoms with Gasteiger partial charge in [-0.15, -0.1) is 5.10 Å². The van der Waals surface area contributed by atoms with Gasteiger partial charge in [0.15, 0.2) is 5.65 Å². The molecule has 0 radical (unpaired) electrons. The summed E-state index contributed by atoms with van der Waals surface area (Å²) in [5.74, 6) is 1.54. The van der Waals surface area contributed by atoms with E-state index in [1.807, 2.05) is 18.2 Å². The monoisotopic (exact) mass is 287 g/mol. The van der Waals surface area contributed by atoms with E-state index in [-0.39, 0.29) is 5.69 Å². The van der Waals surface area contributed by atoms with Crippen LogP contribution in [-0.2, 0) is 6.54 Å². The zero-order chi connectivity index (χ0) is 14.4. The molecule has 2 aliphatic heterocycles. The van der Waals surface area contributed by atoms with Gasteiger partial charge in [-0.3, -0.25) is 9.30 Å². The summed E-state index contributed by atoms with van der Waals surface area (Å²) in [6.45, 7) is 7.29. The van der Waals surface area contributed by atoms with Crippen LogP contribution < -0.4 is 11.0 Å². The highest BCUT2D eigenvalue weighted by Crippen LogP contribution is 2.31. The highest BCUT2D eigenvalue weighted by Gasteiger charge is 2.41. The summed E-state index contributed by atoms with van der Waals surface area (Å²) in [5.41, 5.74) is 0.678. The van der Waals surface area contributed by atoms with Gasteiger partial charge in [0.2, 0.25) is 0 Å². The van der Waals surface area contributed by atoms with Gasteiger partial charge in [0.05, 0.1) is 6.54 Å². The second kappa shape index (κ2) is 4.96. The van der Waals surface area contributed by atoms with Crippen LogP contribution in [0.25, 0.3) is 5.65 Å². The van der Waals surface area contributed by atoms with Crippen molar-refractivity contribution in [2.24, 2.45) is 11.8 Å². The standard InChI is InChI=1S/C15H21N5O/c1-11-13-9-16-8-12(13)10-18(11)6-7-20-15(21)19-5-3-2-4-14(19)17-20/h2-5,11-13,16H,6-10H2,1H3. The Balaban J connectivity index is 1.49. The van der Waals surface area contributed by atoms with Crippen molar-refractivity contribution < 1.29 is 0 Å². The largest absolute Gasteiger partial charge is 0.350 e. The molecular weight excluding hydrogens is 266 g/mol. The van der Waals surface area contributed by atoms with E-state index in [1.165, 1.54) is 0 Å². The molecule has 4 heterocycles. The Kier molecular flexibility index (Phi) is 3.08. The maximum Gasteiger partial charge on any atom is 0.350 e. The first-order chi connectivity index (χ1) is 10.2. The summed E-state index contributed by atoms with van der Waals surface area (Å²) in [5, 5.41) is 7.88. The summed E-state index contributed by atoms with van der Waals surface area (Å²) < 4.78 is 3.19. The van der Waals surface area contributed by atoms with E-state index in [0.29, 0.717) is 12.6 Å². The van der Waals surface area contributed by atoms with E-state index in [2.05, 4.69) is 22.2 Å². The lowest BCUT2D eigenvalue weighted by Crippen LogP contribution is -2.37. The molecule has 3 atom stereocenters. The van der Waals surface area contributed by atoms with Gasteiger partial charge in [-0.25, -0.2) is 9.48 Å². The Morgan fingerprint density at radius 2 is 2.24 bits per heavy atom. The average molecular weight is 287 g/mol. The SMILES string of the molecule is CC1C2CNCC2CN1CCn1nc2ccccn2c1=O. The molecule has 4 rings (SSSR count). The predicted octanol–water partition coefficient (Wildman–Crippen LogP) is 0.0357. The molecule has 2 saturated heterocycles. The minimum Gasteiger partial charge on any atom is -0.316 e. The number of pyridine rings is 1. The first-order valence-electron chi connectivity index (χ1n) is 7.73. The third-order valence-electron chi connectivity index (χ3n) is 5.14. The van der Waals surface area contributed by atoms with Crippen LogP contribution in [-0.4, -0.2) is 51.3 Å². The zero-order valence-electron chi connectivity index (χ0n) is 12.3. The van der Waals surface area contributed by atoms with Crippen molar-refractivity contribution in [3.05, 3.63) is 34.9 Å². The fourth-order valence-electron chi connectivity index (χ4n) is 3.89. The van der Waals surface area contributed by atoms with Crippen LogP contribution in [0.15, 0.2) is 29.2 Å². The molecule has 2 fully saturated rings. The molecule has 2 aliphatic rings. The number of hydrogen-bond donors (Lipinski definition) is 1. The van der Waals surface area contributed by atoms with Gasteiger partial charge < -0.3 is 5.32 Å². The quantitative estimate of drug-likeness (QED) is 0.866. The molecule has 0 aliphatic carbocycles. The third kappa shape index (κ3) is 2.10. The Bertz CT molecular complexity index is 705. The third-order valence-corrected chi connectivity index (χ3v) is 5.14. The van der Waals surface area contributed by atoms with Crippen LogP contribution in [0, 0.1) is 11.8 Å². The zero-order valence-corrected chi connectivity index (χ0v) is 12.3. The topological polar surface area (TPSA) is 54.6 Å². The number of likely N-dealkylation sites (tertiary alicyclic amines) is 1. The predicted molar refractivity (Wildman–Crippen MR) is 80.3 cm³/mol. The molecular formula is C15H21N5O. The Morgan fingerprint density at radius 3 is 3.05 bits per heavy atom. The number of aromatic nitrogens is 3. The Hall–Kier alpha value is -1.66. The van der Waals surface area contributed by atoms with Crippen molar-refractivity contribution in [3.8, 4) is 0 Å². The summed E-state index contributed by atoms with van der Waals surface area (Å²) in [4.78, 5) is 14.8. The van der Waals surface area contributed by atoms with Gasteiger partial charge >= 0.3 is 5.69 Å². The van der Waals surface area contributed by atoms with Crippen molar-refractivity contribution in [1.82, 2.24) is 24.4 Å². The summed E-state index contributed by atoms with van der Waals surface area (Å²) in [7, 11) is 0. The highest BCUT2D eigenvalue weighted by atomic mass is 16.2. The summed E-state index contributed by atoms with van der Waals surface area (Å²) in [6.07, 6.45) is 1.77. The molecule has 6 nitrogen and oxygen atoms in total. The molecule has 2 aromatic rings. The van der Waals surface area contributed by atoms with Gasteiger partial charge in [0, 0.05) is 25.3 Å². The number of nitrogens with one attached hydrogen (secondary N) is 1. The van der Waals surface area contributed by atoms with Crippen LogP contribution >= 0.6 is 0 Å². The number of nitrogens with zero attached hydrogens (tertiary/aromatic N) is 4. The van der Waals surface area contributed by atoms with Crippen LogP contribution in [0.1, 0.15) is 6.92 Å². The van der Waals surface area contributed by atoms with Crippen LogP contribution in [0.3, 0.4) is 0 Å². The summed E-state index contributed by atoms with van der Waals surface area (Å²) in [6, 6.07) is 6.23. The van der Waals surface area contributed by atoms with E-state index < -0.39 is 0 Å². The van der Waals surface area contributed by atoms with Gasteiger partial charge in [0.1, 0.15) is 0 Å². The fraction of sp³-hybridized carbons (Fsp3) is 0.600. The molecule has 0 aromatic carbocycles. The molecule has 112 valence electrons. The minimum absolute atomic E-state index is 0.0423. The lowest BCUT2D eigenvalue weighted by Gasteiger charge is -2.23. The van der Waals surface area contributed by atoms with E-state index in [9.17, 15) is 4.79 Å². The first kappa shape index (κ1) is 13.0. The fourth-order valence-corrected chi connectivity index (χ4v) is 3.89. The number of fused-ring (bicyclic) bond motifs is 2. The lowest BCUT2D eigenvalue weighted by atomic mass is 9.95. The molecule has 0 saturated carbocycles. The number of hydrogen-bond acceptors (Lipinski definition) is 4. The van der Waals surface area contributed by atoms with E-state index in [0.717, 1.165) is 43.7 Å². The van der Waals surface area contributed by atoms with E-state index >= 15 is 0 Å². The molecule has 0 spiro atoms. The van der Waals surface area contributed by atoms with E-state index in [4.69, 9.17) is 0 Å². The molecule has 3 unspecified atom stereocenters. The van der Waals surface area contributed by atoms with E-state index in [1.54, 1.807) is 15.3 Å². The molecule has 0 bridgehead atoms. The van der Waals surface area contributed by atoms with Gasteiger partial charge in [-0.1, -0.05) is 6.07 Å².